The van der Waals surface area contributed by atoms with Crippen molar-refractivity contribution in [3.63, 3.8) is 0 Å². The molecule has 0 fully saturated rings. The second-order valence-corrected chi connectivity index (χ2v) is 7.88. The van der Waals surface area contributed by atoms with E-state index in [2.05, 4.69) is 19.7 Å². The molecule has 28 heavy (non-hydrogen) atoms. The number of ether oxygens (including phenoxy) is 1. The third-order valence-electron chi connectivity index (χ3n) is 3.70. The summed E-state index contributed by atoms with van der Waals surface area (Å²) < 4.78 is 31.7. The second-order valence-electron chi connectivity index (χ2n) is 6.14. The Bertz CT molecular complexity index is 1190. The van der Waals surface area contributed by atoms with E-state index >= 15 is 0 Å². The van der Waals surface area contributed by atoms with Crippen LogP contribution in [0.1, 0.15) is 17.0 Å². The van der Waals surface area contributed by atoms with Crippen molar-refractivity contribution < 1.29 is 13.2 Å². The quantitative estimate of drug-likeness (QED) is 0.705. The van der Waals surface area contributed by atoms with Crippen LogP contribution in [0.15, 0.2) is 42.7 Å². The Morgan fingerprint density at radius 2 is 1.89 bits per heavy atom. The molecule has 0 spiro atoms. The number of pyridine rings is 3. The lowest BCUT2D eigenvalue weighted by molar-refractivity contribution is 0.459. The number of nitrogens with one attached hydrogen (secondary N) is 1. The fourth-order valence-corrected chi connectivity index (χ4v) is 3.04. The topological polar surface area (TPSA) is 118 Å². The van der Waals surface area contributed by atoms with Crippen LogP contribution in [-0.4, -0.2) is 29.6 Å². The minimum absolute atomic E-state index is 0.0686. The van der Waals surface area contributed by atoms with Crippen LogP contribution in [0.25, 0.3) is 11.3 Å². The van der Waals surface area contributed by atoms with Gasteiger partial charge < -0.3 is 4.74 Å². The van der Waals surface area contributed by atoms with E-state index in [0.717, 1.165) is 11.9 Å². The highest BCUT2D eigenvalue weighted by Gasteiger charge is 2.15. The molecule has 0 saturated heterocycles. The number of rotatable bonds is 5. The molecule has 0 aliphatic carbocycles. The minimum atomic E-state index is -3.54. The van der Waals surface area contributed by atoms with Gasteiger partial charge in [-0.25, -0.2) is 13.4 Å². The average Bonchev–Trinajstić information content (AvgIpc) is 2.64. The normalized spacial score (nSPS) is 10.9. The van der Waals surface area contributed by atoms with Gasteiger partial charge in [0.25, 0.3) is 0 Å². The van der Waals surface area contributed by atoms with Gasteiger partial charge in [-0.1, -0.05) is 0 Å². The van der Waals surface area contributed by atoms with E-state index in [-0.39, 0.29) is 11.6 Å². The molecule has 8 nitrogen and oxygen atoms in total. The Morgan fingerprint density at radius 3 is 2.57 bits per heavy atom. The van der Waals surface area contributed by atoms with E-state index in [0.29, 0.717) is 28.3 Å². The van der Waals surface area contributed by atoms with E-state index < -0.39 is 10.0 Å². The van der Waals surface area contributed by atoms with Crippen LogP contribution >= 0.6 is 0 Å². The molecule has 1 N–H and O–H groups in total. The lowest BCUT2D eigenvalue weighted by atomic mass is 10.1. The van der Waals surface area contributed by atoms with E-state index in [1.54, 1.807) is 43.5 Å². The first kappa shape index (κ1) is 19.3. The molecule has 0 bridgehead atoms. The summed E-state index contributed by atoms with van der Waals surface area (Å²) in [5, 5.41) is 9.06. The summed E-state index contributed by atoms with van der Waals surface area (Å²) in [5.74, 6) is 0.523. The summed E-state index contributed by atoms with van der Waals surface area (Å²) >= 11 is 0. The highest BCUT2D eigenvalue weighted by Crippen LogP contribution is 2.32. The predicted octanol–water partition coefficient (Wildman–Crippen LogP) is 3.19. The number of aryl methyl sites for hydroxylation is 2. The summed E-state index contributed by atoms with van der Waals surface area (Å²) in [6.07, 6.45) is 4.06. The maximum Gasteiger partial charge on any atom is 0.244 e. The first-order valence-electron chi connectivity index (χ1n) is 8.21. The number of sulfonamides is 1. The van der Waals surface area contributed by atoms with Crippen LogP contribution in [0.4, 0.5) is 5.69 Å². The van der Waals surface area contributed by atoms with Gasteiger partial charge in [0, 0.05) is 23.7 Å². The van der Waals surface area contributed by atoms with E-state index in [4.69, 9.17) is 10.00 Å². The number of anilines is 1. The van der Waals surface area contributed by atoms with Gasteiger partial charge in [0.2, 0.25) is 15.9 Å². The van der Waals surface area contributed by atoms with Crippen molar-refractivity contribution in [1.82, 2.24) is 15.0 Å². The summed E-state index contributed by atoms with van der Waals surface area (Å²) in [6.45, 7) is 3.65. The summed E-state index contributed by atoms with van der Waals surface area (Å²) in [5.41, 5.74) is 3.14. The third kappa shape index (κ3) is 4.61. The molecular weight excluding hydrogens is 378 g/mol. The molecule has 3 rings (SSSR count). The van der Waals surface area contributed by atoms with Gasteiger partial charge in [-0.2, -0.15) is 5.26 Å². The van der Waals surface area contributed by atoms with Gasteiger partial charge in [0.05, 0.1) is 23.2 Å². The summed E-state index contributed by atoms with van der Waals surface area (Å²) in [6, 6.07) is 10.4. The molecule has 3 aromatic heterocycles. The number of nitriles is 1. The van der Waals surface area contributed by atoms with Crippen molar-refractivity contribution in [2.45, 2.75) is 13.8 Å². The highest BCUT2D eigenvalue weighted by molar-refractivity contribution is 7.92. The zero-order chi connectivity index (χ0) is 20.3. The Morgan fingerprint density at radius 1 is 1.11 bits per heavy atom. The zero-order valence-electron chi connectivity index (χ0n) is 15.5. The SMILES string of the molecule is Cc1ccc(Oc2nc(-c3cncc(C#N)c3)ccc2NS(C)(=O)=O)c(C)n1. The maximum absolute atomic E-state index is 11.7. The lowest BCUT2D eigenvalue weighted by Crippen LogP contribution is -2.11. The molecule has 0 aliphatic heterocycles. The Hall–Kier alpha value is -3.51. The van der Waals surface area contributed by atoms with E-state index in [9.17, 15) is 8.42 Å². The molecule has 0 saturated carbocycles. The van der Waals surface area contributed by atoms with Gasteiger partial charge in [-0.05, 0) is 44.2 Å². The predicted molar refractivity (Wildman–Crippen MR) is 104 cm³/mol. The lowest BCUT2D eigenvalue weighted by Gasteiger charge is -2.14. The first-order chi connectivity index (χ1) is 13.2. The van der Waals surface area contributed by atoms with Crippen LogP contribution in [-0.2, 0) is 10.0 Å². The fourth-order valence-electron chi connectivity index (χ4n) is 2.48. The molecule has 0 aromatic carbocycles. The monoisotopic (exact) mass is 395 g/mol. The Balaban J connectivity index is 2.08. The van der Waals surface area contributed by atoms with Crippen molar-refractivity contribution in [1.29, 1.82) is 5.26 Å². The van der Waals surface area contributed by atoms with E-state index in [1.807, 2.05) is 13.0 Å². The molecule has 0 unspecified atom stereocenters. The molecule has 0 atom stereocenters. The van der Waals surface area contributed by atoms with Crippen LogP contribution < -0.4 is 9.46 Å². The van der Waals surface area contributed by atoms with Gasteiger partial charge in [0.1, 0.15) is 11.8 Å². The molecule has 9 heteroatoms. The van der Waals surface area contributed by atoms with Gasteiger partial charge in [-0.3, -0.25) is 14.7 Å². The fraction of sp³-hybridized carbons (Fsp3) is 0.158. The number of hydrogen-bond donors (Lipinski definition) is 1. The molecule has 0 radical (unpaired) electrons. The molecule has 3 aromatic rings. The van der Waals surface area contributed by atoms with Crippen LogP contribution in [0.2, 0.25) is 0 Å². The van der Waals surface area contributed by atoms with Crippen molar-refractivity contribution >= 4 is 15.7 Å². The third-order valence-corrected chi connectivity index (χ3v) is 4.29. The molecule has 0 amide bonds. The number of hydrogen-bond acceptors (Lipinski definition) is 7. The Kier molecular flexibility index (Phi) is 5.24. The smallest absolute Gasteiger partial charge is 0.244 e. The first-order valence-corrected chi connectivity index (χ1v) is 10.1. The van der Waals surface area contributed by atoms with E-state index in [1.165, 1.54) is 6.20 Å². The van der Waals surface area contributed by atoms with Gasteiger partial charge in [0.15, 0.2) is 5.75 Å². The van der Waals surface area contributed by atoms with Crippen molar-refractivity contribution in [2.75, 3.05) is 11.0 Å². The van der Waals surface area contributed by atoms with Crippen LogP contribution in [0, 0.1) is 25.2 Å². The van der Waals surface area contributed by atoms with Crippen molar-refractivity contribution in [3.8, 4) is 29.0 Å². The average molecular weight is 395 g/mol. The molecule has 142 valence electrons. The number of nitrogens with zero attached hydrogens (tertiary/aromatic N) is 4. The molecule has 3 heterocycles. The summed E-state index contributed by atoms with van der Waals surface area (Å²) in [4.78, 5) is 12.8. The van der Waals surface area contributed by atoms with Crippen LogP contribution in [0.3, 0.4) is 0 Å². The largest absolute Gasteiger partial charge is 0.435 e. The molecule has 0 aliphatic rings. The van der Waals surface area contributed by atoms with Gasteiger partial charge >= 0.3 is 0 Å². The van der Waals surface area contributed by atoms with Crippen molar-refractivity contribution in [2.24, 2.45) is 0 Å². The minimum Gasteiger partial charge on any atom is -0.435 e. The molecular formula is C19H17N5O3S. The standard InChI is InChI=1S/C19H17N5O3S/c1-12-4-7-18(13(2)22-12)27-19-17(24-28(3,25)26)6-5-16(23-19)15-8-14(9-20)10-21-11-15/h4-8,10-11,24H,1-3H3. The van der Waals surface area contributed by atoms with Gasteiger partial charge in [-0.15, -0.1) is 0 Å². The number of aromatic nitrogens is 3. The maximum atomic E-state index is 11.7. The zero-order valence-corrected chi connectivity index (χ0v) is 16.3. The Labute approximate surface area is 162 Å². The van der Waals surface area contributed by atoms with Crippen LogP contribution in [0.5, 0.6) is 11.6 Å². The highest BCUT2D eigenvalue weighted by atomic mass is 32.2. The van der Waals surface area contributed by atoms with Crippen molar-refractivity contribution in [3.05, 3.63) is 59.7 Å². The summed E-state index contributed by atoms with van der Waals surface area (Å²) in [7, 11) is -3.54. The second kappa shape index (κ2) is 7.62.